The molecule has 0 bridgehead atoms. The molecule has 0 saturated carbocycles. The molecular formula is C26H39N. The van der Waals surface area contributed by atoms with E-state index >= 15 is 0 Å². The summed E-state index contributed by atoms with van der Waals surface area (Å²) < 4.78 is 0. The van der Waals surface area contributed by atoms with Crippen molar-refractivity contribution >= 4 is 11.4 Å². The lowest BCUT2D eigenvalue weighted by Gasteiger charge is -2.28. The monoisotopic (exact) mass is 365 g/mol. The maximum atomic E-state index is 2.48. The lowest BCUT2D eigenvalue weighted by molar-refractivity contribution is 0.590. The van der Waals surface area contributed by atoms with E-state index in [1.165, 1.54) is 48.2 Å². The smallest absolute Gasteiger partial charge is 0.0410 e. The maximum Gasteiger partial charge on any atom is 0.0410 e. The Balaban J connectivity index is 2.28. The van der Waals surface area contributed by atoms with Crippen molar-refractivity contribution in [3.05, 3.63) is 59.7 Å². The van der Waals surface area contributed by atoms with Crippen LogP contribution in [0, 0.1) is 0 Å². The molecule has 0 atom stereocenters. The van der Waals surface area contributed by atoms with E-state index in [2.05, 4.69) is 102 Å². The summed E-state index contributed by atoms with van der Waals surface area (Å²) in [6, 6.07) is 18.3. The quantitative estimate of drug-likeness (QED) is 0.449. The molecule has 2 aromatic rings. The van der Waals surface area contributed by atoms with Crippen LogP contribution in [0.4, 0.5) is 11.4 Å². The lowest BCUT2D eigenvalue weighted by Crippen LogP contribution is -2.19. The van der Waals surface area contributed by atoms with E-state index in [0.29, 0.717) is 0 Å². The Kier molecular flexibility index (Phi) is 7.14. The Morgan fingerprint density at radius 3 is 1.33 bits per heavy atom. The molecule has 0 amide bonds. The summed E-state index contributed by atoms with van der Waals surface area (Å²) in [6.45, 7) is 17.0. The number of anilines is 2. The van der Waals surface area contributed by atoms with Crippen LogP contribution in [0.3, 0.4) is 0 Å². The predicted octanol–water partition coefficient (Wildman–Crippen LogP) is 8.00. The minimum atomic E-state index is 0.193. The van der Waals surface area contributed by atoms with Crippen LogP contribution in [-0.2, 0) is 10.8 Å². The molecule has 0 N–H and O–H groups in total. The van der Waals surface area contributed by atoms with Crippen LogP contribution >= 0.6 is 0 Å². The van der Waals surface area contributed by atoms with Gasteiger partial charge in [-0.25, -0.2) is 0 Å². The van der Waals surface area contributed by atoms with E-state index in [9.17, 15) is 0 Å². The maximum absolute atomic E-state index is 2.48. The van der Waals surface area contributed by atoms with Crippen molar-refractivity contribution in [1.82, 2.24) is 0 Å². The SMILES string of the molecule is CCCCCCN(c1ccc(C(C)(C)C)cc1)c1ccc(C(C)(C)C)cc1. The second-order valence-electron chi connectivity index (χ2n) is 9.81. The first-order valence-corrected chi connectivity index (χ1v) is 10.6. The molecule has 27 heavy (non-hydrogen) atoms. The van der Waals surface area contributed by atoms with Crippen molar-refractivity contribution in [3.8, 4) is 0 Å². The van der Waals surface area contributed by atoms with Gasteiger partial charge in [0.25, 0.3) is 0 Å². The highest BCUT2D eigenvalue weighted by atomic mass is 15.1. The topological polar surface area (TPSA) is 3.24 Å². The van der Waals surface area contributed by atoms with Gasteiger partial charge in [0.05, 0.1) is 0 Å². The van der Waals surface area contributed by atoms with Crippen LogP contribution in [0.2, 0.25) is 0 Å². The van der Waals surface area contributed by atoms with Crippen molar-refractivity contribution < 1.29 is 0 Å². The summed E-state index contributed by atoms with van der Waals surface area (Å²) in [5.74, 6) is 0. The average molecular weight is 366 g/mol. The third-order valence-corrected chi connectivity index (χ3v) is 5.33. The number of hydrogen-bond acceptors (Lipinski definition) is 1. The molecule has 0 spiro atoms. The number of unbranched alkanes of at least 4 members (excludes halogenated alkanes) is 3. The summed E-state index contributed by atoms with van der Waals surface area (Å²) in [5, 5.41) is 0. The molecule has 0 aromatic heterocycles. The van der Waals surface area contributed by atoms with Gasteiger partial charge in [-0.05, 0) is 52.6 Å². The molecule has 148 valence electrons. The van der Waals surface area contributed by atoms with Crippen LogP contribution in [0.15, 0.2) is 48.5 Å². The first kappa shape index (κ1) is 21.5. The van der Waals surface area contributed by atoms with Gasteiger partial charge in [-0.3, -0.25) is 0 Å². The standard InChI is InChI=1S/C26H39N/c1-8-9-10-11-20-27(23-16-12-21(13-17-23)25(2,3)4)24-18-14-22(15-19-24)26(5,6)7/h12-19H,8-11,20H2,1-7H3. The number of rotatable bonds is 7. The molecule has 0 aliphatic rings. The molecule has 0 fully saturated rings. The fourth-order valence-electron chi connectivity index (χ4n) is 3.39. The average Bonchev–Trinajstić information content (AvgIpc) is 2.61. The van der Waals surface area contributed by atoms with Crippen LogP contribution < -0.4 is 4.90 Å². The number of hydrogen-bond donors (Lipinski definition) is 0. The van der Waals surface area contributed by atoms with E-state index in [0.717, 1.165) is 6.54 Å². The van der Waals surface area contributed by atoms with Gasteiger partial charge in [0.15, 0.2) is 0 Å². The lowest BCUT2D eigenvalue weighted by atomic mass is 9.86. The zero-order valence-corrected chi connectivity index (χ0v) is 18.6. The highest BCUT2D eigenvalue weighted by Crippen LogP contribution is 2.31. The second-order valence-corrected chi connectivity index (χ2v) is 9.81. The Bertz CT molecular complexity index is 623. The van der Waals surface area contributed by atoms with E-state index in [-0.39, 0.29) is 10.8 Å². The van der Waals surface area contributed by atoms with E-state index < -0.39 is 0 Å². The van der Waals surface area contributed by atoms with Crippen LogP contribution in [0.1, 0.15) is 85.3 Å². The molecular weight excluding hydrogens is 326 g/mol. The van der Waals surface area contributed by atoms with Gasteiger partial charge < -0.3 is 4.90 Å². The Labute approximate surface area is 167 Å². The summed E-state index contributed by atoms with van der Waals surface area (Å²) >= 11 is 0. The molecule has 0 aliphatic heterocycles. The van der Waals surface area contributed by atoms with E-state index in [1.54, 1.807) is 0 Å². The summed E-state index contributed by atoms with van der Waals surface area (Å²) in [7, 11) is 0. The minimum Gasteiger partial charge on any atom is -0.341 e. The van der Waals surface area contributed by atoms with Crippen LogP contribution in [0.5, 0.6) is 0 Å². The van der Waals surface area contributed by atoms with Gasteiger partial charge in [-0.15, -0.1) is 0 Å². The summed E-state index contributed by atoms with van der Waals surface area (Å²) in [6.07, 6.45) is 5.13. The van der Waals surface area contributed by atoms with E-state index in [1.807, 2.05) is 0 Å². The Hall–Kier alpha value is -1.76. The highest BCUT2D eigenvalue weighted by molar-refractivity contribution is 5.64. The van der Waals surface area contributed by atoms with Crippen LogP contribution in [-0.4, -0.2) is 6.54 Å². The second kappa shape index (κ2) is 8.95. The number of nitrogens with zero attached hydrogens (tertiary/aromatic N) is 1. The normalized spacial score (nSPS) is 12.3. The summed E-state index contributed by atoms with van der Waals surface area (Å²) in [5.41, 5.74) is 5.75. The fraction of sp³-hybridized carbons (Fsp3) is 0.538. The molecule has 0 aliphatic carbocycles. The highest BCUT2D eigenvalue weighted by Gasteiger charge is 2.17. The first-order valence-electron chi connectivity index (χ1n) is 10.6. The molecule has 0 radical (unpaired) electrons. The predicted molar refractivity (Wildman–Crippen MR) is 121 cm³/mol. The van der Waals surface area contributed by atoms with Crippen molar-refractivity contribution in [2.45, 2.75) is 85.0 Å². The van der Waals surface area contributed by atoms with E-state index in [4.69, 9.17) is 0 Å². The van der Waals surface area contributed by atoms with Gasteiger partial charge in [-0.1, -0.05) is 92.0 Å². The zero-order valence-electron chi connectivity index (χ0n) is 18.6. The third-order valence-electron chi connectivity index (χ3n) is 5.33. The van der Waals surface area contributed by atoms with Gasteiger partial charge >= 0.3 is 0 Å². The van der Waals surface area contributed by atoms with Gasteiger partial charge in [0, 0.05) is 17.9 Å². The van der Waals surface area contributed by atoms with Gasteiger partial charge in [0.1, 0.15) is 0 Å². The molecule has 1 heteroatoms. The molecule has 0 unspecified atom stereocenters. The first-order chi connectivity index (χ1) is 12.6. The molecule has 2 aromatic carbocycles. The molecule has 0 heterocycles. The Morgan fingerprint density at radius 2 is 1.00 bits per heavy atom. The molecule has 2 rings (SSSR count). The van der Waals surface area contributed by atoms with Gasteiger partial charge in [0.2, 0.25) is 0 Å². The molecule has 1 nitrogen and oxygen atoms in total. The number of benzene rings is 2. The van der Waals surface area contributed by atoms with Crippen molar-refractivity contribution in [2.24, 2.45) is 0 Å². The zero-order chi connectivity index (χ0) is 20.1. The van der Waals surface area contributed by atoms with Crippen LogP contribution in [0.25, 0.3) is 0 Å². The Morgan fingerprint density at radius 1 is 0.593 bits per heavy atom. The van der Waals surface area contributed by atoms with Gasteiger partial charge in [-0.2, -0.15) is 0 Å². The van der Waals surface area contributed by atoms with Crippen molar-refractivity contribution in [3.63, 3.8) is 0 Å². The third kappa shape index (κ3) is 6.13. The molecule has 0 saturated heterocycles. The van der Waals surface area contributed by atoms with Crippen molar-refractivity contribution in [2.75, 3.05) is 11.4 Å². The van der Waals surface area contributed by atoms with Crippen molar-refractivity contribution in [1.29, 1.82) is 0 Å². The fourth-order valence-corrected chi connectivity index (χ4v) is 3.39. The minimum absolute atomic E-state index is 0.193. The largest absolute Gasteiger partial charge is 0.341 e. The summed E-state index contributed by atoms with van der Waals surface area (Å²) in [4.78, 5) is 2.48.